The van der Waals surface area contributed by atoms with Gasteiger partial charge in [-0.3, -0.25) is 9.69 Å². The van der Waals surface area contributed by atoms with Crippen LogP contribution in [0.5, 0.6) is 0 Å². The topological polar surface area (TPSA) is 57.5 Å². The van der Waals surface area contributed by atoms with E-state index in [1.54, 1.807) is 7.05 Å². The number of aliphatic hydroxyl groups is 1. The molecule has 2 unspecified atom stereocenters. The van der Waals surface area contributed by atoms with E-state index in [4.69, 9.17) is 12.2 Å². The van der Waals surface area contributed by atoms with E-state index < -0.39 is 12.1 Å². The molecule has 104 valence electrons. The normalized spacial score (nSPS) is 20.6. The van der Waals surface area contributed by atoms with Crippen LogP contribution in [0.1, 0.15) is 11.7 Å². The smallest absolute Gasteiger partial charge is 0.254 e. The summed E-state index contributed by atoms with van der Waals surface area (Å²) in [4.78, 5) is 13.4. The van der Waals surface area contributed by atoms with Crippen LogP contribution in [0.15, 0.2) is 30.5 Å². The predicted octanol–water partition coefficient (Wildman–Crippen LogP) is 0.927. The van der Waals surface area contributed by atoms with Gasteiger partial charge in [-0.2, -0.15) is 0 Å². The Bertz CT molecular complexity index is 710. The molecule has 6 heteroatoms. The maximum atomic E-state index is 12.1. The largest absolute Gasteiger partial charge is 0.386 e. The van der Waals surface area contributed by atoms with Crippen molar-refractivity contribution in [3.63, 3.8) is 0 Å². The molecule has 1 fully saturated rings. The molecule has 1 aromatic heterocycles. The fourth-order valence-corrected chi connectivity index (χ4v) is 2.82. The van der Waals surface area contributed by atoms with Crippen molar-refractivity contribution in [2.75, 3.05) is 7.05 Å². The average molecular weight is 289 g/mol. The van der Waals surface area contributed by atoms with Gasteiger partial charge >= 0.3 is 0 Å². The molecule has 2 aromatic rings. The molecule has 2 heterocycles. The zero-order valence-corrected chi connectivity index (χ0v) is 12.0. The molecular formula is C14H15N3O2S. The van der Waals surface area contributed by atoms with Gasteiger partial charge in [-0.1, -0.05) is 18.2 Å². The fraction of sp³-hybridized carbons (Fsp3) is 0.286. The standard InChI is InChI=1S/C14H15N3O2S/c1-16-7-9(8-5-3-4-6-10(8)16)12(18)11-13(19)17(2)14(20)15-11/h3-7,11-12,18H,1-2H3,(H,15,20). The number of carbonyl (C=O) groups is 1. The van der Waals surface area contributed by atoms with E-state index in [0.29, 0.717) is 5.11 Å². The molecule has 1 aliphatic heterocycles. The average Bonchev–Trinajstić information content (AvgIpc) is 2.91. The third-order valence-electron chi connectivity index (χ3n) is 3.74. The number of hydrogen-bond donors (Lipinski definition) is 2. The van der Waals surface area contributed by atoms with E-state index in [1.807, 2.05) is 42.1 Å². The van der Waals surface area contributed by atoms with Gasteiger partial charge in [0.05, 0.1) is 0 Å². The van der Waals surface area contributed by atoms with Crippen molar-refractivity contribution in [2.45, 2.75) is 12.1 Å². The van der Waals surface area contributed by atoms with Crippen molar-refractivity contribution in [3.8, 4) is 0 Å². The van der Waals surface area contributed by atoms with Crippen LogP contribution in [0, 0.1) is 0 Å². The molecule has 1 aliphatic rings. The lowest BCUT2D eigenvalue weighted by Crippen LogP contribution is -2.35. The van der Waals surface area contributed by atoms with Gasteiger partial charge < -0.3 is 15.0 Å². The van der Waals surface area contributed by atoms with E-state index in [0.717, 1.165) is 16.5 Å². The number of para-hydroxylation sites is 1. The molecule has 0 radical (unpaired) electrons. The summed E-state index contributed by atoms with van der Waals surface area (Å²) < 4.78 is 1.94. The molecule has 3 rings (SSSR count). The highest BCUT2D eigenvalue weighted by Gasteiger charge is 2.39. The molecular weight excluding hydrogens is 274 g/mol. The quantitative estimate of drug-likeness (QED) is 0.808. The number of fused-ring (bicyclic) bond motifs is 1. The first-order chi connectivity index (χ1) is 9.50. The minimum absolute atomic E-state index is 0.213. The van der Waals surface area contributed by atoms with E-state index in [9.17, 15) is 9.90 Å². The van der Waals surface area contributed by atoms with Crippen LogP contribution in [0.2, 0.25) is 0 Å². The monoisotopic (exact) mass is 289 g/mol. The molecule has 0 aliphatic carbocycles. The van der Waals surface area contributed by atoms with E-state index in [2.05, 4.69) is 5.32 Å². The second kappa shape index (κ2) is 4.57. The van der Waals surface area contributed by atoms with Gasteiger partial charge in [0.2, 0.25) is 0 Å². The summed E-state index contributed by atoms with van der Waals surface area (Å²) in [6, 6.07) is 7.06. The summed E-state index contributed by atoms with van der Waals surface area (Å²) in [6.45, 7) is 0. The van der Waals surface area contributed by atoms with Crippen molar-refractivity contribution < 1.29 is 9.90 Å². The maximum Gasteiger partial charge on any atom is 0.254 e. The van der Waals surface area contributed by atoms with Crippen LogP contribution in [0.4, 0.5) is 0 Å². The maximum absolute atomic E-state index is 12.1. The fourth-order valence-electron chi connectivity index (χ4n) is 2.60. The number of hydrogen-bond acceptors (Lipinski definition) is 3. The molecule has 1 aromatic carbocycles. The summed E-state index contributed by atoms with van der Waals surface area (Å²) in [5, 5.41) is 14.7. The van der Waals surface area contributed by atoms with Crippen molar-refractivity contribution in [1.29, 1.82) is 0 Å². The van der Waals surface area contributed by atoms with Crippen molar-refractivity contribution in [1.82, 2.24) is 14.8 Å². The summed E-state index contributed by atoms with van der Waals surface area (Å²) >= 11 is 5.04. The Morgan fingerprint density at radius 2 is 2.05 bits per heavy atom. The zero-order valence-electron chi connectivity index (χ0n) is 11.2. The first-order valence-corrected chi connectivity index (χ1v) is 6.71. The van der Waals surface area contributed by atoms with E-state index in [1.165, 1.54) is 4.90 Å². The Kier molecular flexibility index (Phi) is 2.99. The third kappa shape index (κ3) is 1.80. The number of aromatic nitrogens is 1. The van der Waals surface area contributed by atoms with Gasteiger partial charge in [-0.25, -0.2) is 0 Å². The highest BCUT2D eigenvalue weighted by molar-refractivity contribution is 7.80. The van der Waals surface area contributed by atoms with Gasteiger partial charge in [0.15, 0.2) is 5.11 Å². The molecule has 0 spiro atoms. The molecule has 20 heavy (non-hydrogen) atoms. The van der Waals surface area contributed by atoms with Crippen LogP contribution < -0.4 is 5.32 Å². The van der Waals surface area contributed by atoms with Crippen LogP contribution in [-0.2, 0) is 11.8 Å². The lowest BCUT2D eigenvalue weighted by Gasteiger charge is -2.15. The number of nitrogens with zero attached hydrogens (tertiary/aromatic N) is 2. The van der Waals surface area contributed by atoms with Crippen molar-refractivity contribution in [3.05, 3.63) is 36.0 Å². The van der Waals surface area contributed by atoms with Crippen LogP contribution >= 0.6 is 12.2 Å². The lowest BCUT2D eigenvalue weighted by atomic mass is 10.0. The molecule has 0 bridgehead atoms. The van der Waals surface area contributed by atoms with Crippen molar-refractivity contribution in [2.24, 2.45) is 7.05 Å². The number of carbonyl (C=O) groups excluding carboxylic acids is 1. The molecule has 1 saturated heterocycles. The van der Waals surface area contributed by atoms with Crippen LogP contribution in [0.3, 0.4) is 0 Å². The summed E-state index contributed by atoms with van der Waals surface area (Å²) in [7, 11) is 3.52. The van der Waals surface area contributed by atoms with Gasteiger partial charge in [0.1, 0.15) is 12.1 Å². The Labute approximate surface area is 121 Å². The number of likely N-dealkylation sites (N-methyl/N-ethyl adjacent to an activating group) is 1. The number of aliphatic hydroxyl groups excluding tert-OH is 1. The third-order valence-corrected chi connectivity index (χ3v) is 4.13. The second-order valence-electron chi connectivity index (χ2n) is 4.98. The minimum Gasteiger partial charge on any atom is -0.386 e. The van der Waals surface area contributed by atoms with Crippen LogP contribution in [0.25, 0.3) is 10.9 Å². The van der Waals surface area contributed by atoms with E-state index in [-0.39, 0.29) is 5.91 Å². The number of thiocarbonyl (C=S) groups is 1. The highest BCUT2D eigenvalue weighted by atomic mass is 32.1. The minimum atomic E-state index is -0.934. The number of nitrogens with one attached hydrogen (secondary N) is 1. The number of aryl methyl sites for hydroxylation is 1. The van der Waals surface area contributed by atoms with E-state index >= 15 is 0 Å². The van der Waals surface area contributed by atoms with Gasteiger partial charge in [-0.05, 0) is 18.3 Å². The Morgan fingerprint density at radius 1 is 1.35 bits per heavy atom. The molecule has 2 N–H and O–H groups in total. The number of amides is 1. The second-order valence-corrected chi connectivity index (χ2v) is 5.37. The first kappa shape index (κ1) is 13.1. The SMILES string of the molecule is CN1C(=O)C(C(O)c2cn(C)c3ccccc23)NC1=S. The van der Waals surface area contributed by atoms with Gasteiger partial charge in [0.25, 0.3) is 5.91 Å². The number of rotatable bonds is 2. The highest BCUT2D eigenvalue weighted by Crippen LogP contribution is 2.29. The lowest BCUT2D eigenvalue weighted by molar-refractivity contribution is -0.128. The van der Waals surface area contributed by atoms with Crippen LogP contribution in [-0.4, -0.2) is 38.7 Å². The molecule has 0 saturated carbocycles. The summed E-state index contributed by atoms with van der Waals surface area (Å²) in [6.07, 6.45) is 0.919. The Hall–Kier alpha value is -1.92. The first-order valence-electron chi connectivity index (χ1n) is 6.31. The van der Waals surface area contributed by atoms with Gasteiger partial charge in [-0.15, -0.1) is 0 Å². The summed E-state index contributed by atoms with van der Waals surface area (Å²) in [5.74, 6) is -0.213. The van der Waals surface area contributed by atoms with Crippen molar-refractivity contribution >= 4 is 34.1 Å². The zero-order chi connectivity index (χ0) is 14.4. The summed E-state index contributed by atoms with van der Waals surface area (Å²) in [5.41, 5.74) is 1.75. The molecule has 5 nitrogen and oxygen atoms in total. The Balaban J connectivity index is 2.03. The van der Waals surface area contributed by atoms with Gasteiger partial charge in [0, 0.05) is 36.8 Å². The predicted molar refractivity (Wildman–Crippen MR) is 80.2 cm³/mol. The molecule has 2 atom stereocenters. The number of benzene rings is 1. The Morgan fingerprint density at radius 3 is 2.70 bits per heavy atom. The molecule has 1 amide bonds.